The zero-order chi connectivity index (χ0) is 17.9. The van der Waals surface area contributed by atoms with Crippen LogP contribution in [0.3, 0.4) is 0 Å². The van der Waals surface area contributed by atoms with Crippen LogP contribution in [0.25, 0.3) is 0 Å². The van der Waals surface area contributed by atoms with Crippen LogP contribution in [0.5, 0.6) is 17.2 Å². The number of rotatable bonds is 10. The largest absolute Gasteiger partial charge is 0.493 e. The molecule has 0 radical (unpaired) electrons. The van der Waals surface area contributed by atoms with Gasteiger partial charge in [-0.2, -0.15) is 0 Å². The maximum Gasteiger partial charge on any atom is 0.315 e. The van der Waals surface area contributed by atoms with Crippen molar-refractivity contribution in [2.45, 2.75) is 52.1 Å². The van der Waals surface area contributed by atoms with Gasteiger partial charge in [0.05, 0.1) is 21.3 Å². The number of hydrogen-bond donors (Lipinski definition) is 2. The van der Waals surface area contributed by atoms with E-state index in [-0.39, 0.29) is 12.1 Å². The molecule has 1 atom stereocenters. The summed E-state index contributed by atoms with van der Waals surface area (Å²) < 4.78 is 15.9. The first-order chi connectivity index (χ1) is 11.5. The number of urea groups is 1. The van der Waals surface area contributed by atoms with E-state index in [4.69, 9.17) is 14.2 Å². The van der Waals surface area contributed by atoms with Gasteiger partial charge in [0.25, 0.3) is 0 Å². The van der Waals surface area contributed by atoms with Gasteiger partial charge in [0, 0.05) is 12.6 Å². The van der Waals surface area contributed by atoms with E-state index in [0.717, 1.165) is 18.4 Å². The van der Waals surface area contributed by atoms with Crippen molar-refractivity contribution in [2.75, 3.05) is 21.3 Å². The van der Waals surface area contributed by atoms with Crippen LogP contribution in [0.2, 0.25) is 0 Å². The minimum atomic E-state index is -0.173. The summed E-state index contributed by atoms with van der Waals surface area (Å²) in [5, 5.41) is 5.81. The Morgan fingerprint density at radius 2 is 1.71 bits per heavy atom. The number of methoxy groups -OCH3 is 3. The summed E-state index contributed by atoms with van der Waals surface area (Å²) in [7, 11) is 4.70. The highest BCUT2D eigenvalue weighted by atomic mass is 16.5. The van der Waals surface area contributed by atoms with Gasteiger partial charge in [-0.05, 0) is 31.0 Å². The van der Waals surface area contributed by atoms with Crippen LogP contribution in [-0.2, 0) is 6.54 Å². The van der Waals surface area contributed by atoms with Gasteiger partial charge < -0.3 is 24.8 Å². The summed E-state index contributed by atoms with van der Waals surface area (Å²) in [6.45, 7) is 4.57. The van der Waals surface area contributed by atoms with Gasteiger partial charge in [-0.15, -0.1) is 0 Å². The summed E-state index contributed by atoms with van der Waals surface area (Å²) in [6.07, 6.45) is 4.50. The van der Waals surface area contributed by atoms with Crippen molar-refractivity contribution < 1.29 is 19.0 Å². The van der Waals surface area contributed by atoms with Gasteiger partial charge >= 0.3 is 6.03 Å². The van der Waals surface area contributed by atoms with Crippen LogP contribution in [0.15, 0.2) is 12.1 Å². The van der Waals surface area contributed by atoms with Crippen LogP contribution < -0.4 is 24.8 Å². The predicted octanol–water partition coefficient (Wildman–Crippen LogP) is 3.48. The number of benzene rings is 1. The standard InChI is InChI=1S/C18H30N2O4/c1-6-7-8-9-13(2)20-18(21)19-12-14-10-15(22-3)17(24-5)16(11-14)23-4/h10-11,13H,6-9,12H2,1-5H3,(H2,19,20,21)/t13-/m1/s1. The van der Waals surface area contributed by atoms with E-state index < -0.39 is 0 Å². The van der Waals surface area contributed by atoms with Crippen LogP contribution in [0.1, 0.15) is 45.1 Å². The molecule has 0 aromatic heterocycles. The third-order valence-electron chi connectivity index (χ3n) is 3.80. The van der Waals surface area contributed by atoms with E-state index in [1.807, 2.05) is 19.1 Å². The minimum Gasteiger partial charge on any atom is -0.493 e. The molecule has 6 heteroatoms. The zero-order valence-electron chi connectivity index (χ0n) is 15.4. The molecule has 0 saturated heterocycles. The van der Waals surface area contributed by atoms with Gasteiger partial charge in [0.2, 0.25) is 5.75 Å². The zero-order valence-corrected chi connectivity index (χ0v) is 15.4. The summed E-state index contributed by atoms with van der Waals surface area (Å²) in [5.74, 6) is 1.68. The molecule has 0 aliphatic heterocycles. The molecule has 0 fully saturated rings. The van der Waals surface area contributed by atoms with Crippen LogP contribution in [0, 0.1) is 0 Å². The Kier molecular flexibility index (Phi) is 8.83. The van der Waals surface area contributed by atoms with Crippen molar-refractivity contribution in [2.24, 2.45) is 0 Å². The lowest BCUT2D eigenvalue weighted by Crippen LogP contribution is -2.40. The number of unbranched alkanes of at least 4 members (excludes halogenated alkanes) is 2. The monoisotopic (exact) mass is 338 g/mol. The second-order valence-electron chi connectivity index (χ2n) is 5.76. The van der Waals surface area contributed by atoms with Crippen LogP contribution >= 0.6 is 0 Å². The van der Waals surface area contributed by atoms with Gasteiger partial charge in [-0.1, -0.05) is 26.2 Å². The molecular weight excluding hydrogens is 308 g/mol. The fraction of sp³-hybridized carbons (Fsp3) is 0.611. The Morgan fingerprint density at radius 1 is 1.08 bits per heavy atom. The first-order valence-electron chi connectivity index (χ1n) is 8.38. The third kappa shape index (κ3) is 6.18. The molecule has 0 unspecified atom stereocenters. The van der Waals surface area contributed by atoms with Gasteiger partial charge in [-0.25, -0.2) is 4.79 Å². The second-order valence-corrected chi connectivity index (χ2v) is 5.76. The smallest absolute Gasteiger partial charge is 0.315 e. The second kappa shape index (κ2) is 10.6. The van der Waals surface area contributed by atoms with E-state index in [9.17, 15) is 4.79 Å². The average Bonchev–Trinajstić information content (AvgIpc) is 2.59. The van der Waals surface area contributed by atoms with E-state index in [1.165, 1.54) is 12.8 Å². The molecule has 2 amide bonds. The molecule has 0 bridgehead atoms. The molecule has 136 valence electrons. The Hall–Kier alpha value is -2.11. The maximum atomic E-state index is 12.0. The highest BCUT2D eigenvalue weighted by Gasteiger charge is 2.14. The molecule has 1 aromatic carbocycles. The molecule has 0 saturated carbocycles. The Balaban J connectivity index is 2.59. The fourth-order valence-corrected chi connectivity index (χ4v) is 2.47. The average molecular weight is 338 g/mol. The van der Waals surface area contributed by atoms with Gasteiger partial charge in [0.1, 0.15) is 0 Å². The normalized spacial score (nSPS) is 11.5. The van der Waals surface area contributed by atoms with E-state index in [0.29, 0.717) is 23.8 Å². The van der Waals surface area contributed by atoms with Crippen LogP contribution in [-0.4, -0.2) is 33.4 Å². The van der Waals surface area contributed by atoms with E-state index >= 15 is 0 Å². The molecule has 1 rings (SSSR count). The first kappa shape index (κ1) is 19.9. The van der Waals surface area contributed by atoms with Crippen molar-refractivity contribution >= 4 is 6.03 Å². The quantitative estimate of drug-likeness (QED) is 0.641. The first-order valence-corrected chi connectivity index (χ1v) is 8.38. The summed E-state index contributed by atoms with van der Waals surface area (Å²) in [4.78, 5) is 12.0. The number of amides is 2. The predicted molar refractivity (Wildman–Crippen MR) is 95.1 cm³/mol. The molecule has 0 spiro atoms. The molecule has 2 N–H and O–H groups in total. The molecule has 0 heterocycles. The summed E-state index contributed by atoms with van der Waals surface area (Å²) in [6, 6.07) is 3.64. The third-order valence-corrected chi connectivity index (χ3v) is 3.80. The fourth-order valence-electron chi connectivity index (χ4n) is 2.47. The highest BCUT2D eigenvalue weighted by molar-refractivity contribution is 5.74. The lowest BCUT2D eigenvalue weighted by atomic mass is 10.1. The van der Waals surface area contributed by atoms with Gasteiger partial charge in [0.15, 0.2) is 11.5 Å². The number of hydrogen-bond acceptors (Lipinski definition) is 4. The Morgan fingerprint density at radius 3 is 2.21 bits per heavy atom. The minimum absolute atomic E-state index is 0.163. The maximum absolute atomic E-state index is 12.0. The topological polar surface area (TPSA) is 68.8 Å². The molecule has 1 aromatic rings. The summed E-state index contributed by atoms with van der Waals surface area (Å²) >= 11 is 0. The molecular formula is C18H30N2O4. The van der Waals surface area contributed by atoms with Crippen molar-refractivity contribution in [1.29, 1.82) is 0 Å². The number of carbonyl (C=O) groups is 1. The number of ether oxygens (including phenoxy) is 3. The lowest BCUT2D eigenvalue weighted by molar-refractivity contribution is 0.236. The molecule has 0 aliphatic carbocycles. The van der Waals surface area contributed by atoms with E-state index in [1.54, 1.807) is 21.3 Å². The summed E-state index contributed by atoms with van der Waals surface area (Å²) in [5.41, 5.74) is 0.873. The molecule has 0 aliphatic rings. The van der Waals surface area contributed by atoms with Crippen molar-refractivity contribution in [3.8, 4) is 17.2 Å². The Labute approximate surface area is 144 Å². The number of carbonyl (C=O) groups excluding carboxylic acids is 1. The van der Waals surface area contributed by atoms with E-state index in [2.05, 4.69) is 17.6 Å². The van der Waals surface area contributed by atoms with Gasteiger partial charge in [-0.3, -0.25) is 0 Å². The number of nitrogens with one attached hydrogen (secondary N) is 2. The Bertz CT molecular complexity index is 495. The van der Waals surface area contributed by atoms with Crippen LogP contribution in [0.4, 0.5) is 4.79 Å². The van der Waals surface area contributed by atoms with Crippen molar-refractivity contribution in [3.63, 3.8) is 0 Å². The lowest BCUT2D eigenvalue weighted by Gasteiger charge is -2.16. The highest BCUT2D eigenvalue weighted by Crippen LogP contribution is 2.38. The van der Waals surface area contributed by atoms with Crippen molar-refractivity contribution in [1.82, 2.24) is 10.6 Å². The van der Waals surface area contributed by atoms with Crippen molar-refractivity contribution in [3.05, 3.63) is 17.7 Å². The molecule has 6 nitrogen and oxygen atoms in total. The molecule has 24 heavy (non-hydrogen) atoms. The SMILES string of the molecule is CCCCC[C@@H](C)NC(=O)NCc1cc(OC)c(OC)c(OC)c1.